The minimum atomic E-state index is -1.01. The second-order valence-electron chi connectivity index (χ2n) is 3.69. The molecule has 0 fully saturated rings. The van der Waals surface area contributed by atoms with Crippen LogP contribution in [0, 0.1) is 17.5 Å². The van der Waals surface area contributed by atoms with E-state index in [4.69, 9.17) is 27.8 Å². The van der Waals surface area contributed by atoms with E-state index in [9.17, 15) is 13.2 Å². The van der Waals surface area contributed by atoms with Crippen molar-refractivity contribution in [3.8, 4) is 11.5 Å². The number of nitrogen functional groups attached to an aromatic ring is 2. The zero-order valence-corrected chi connectivity index (χ0v) is 10.1. The predicted molar refractivity (Wildman–Crippen MR) is 66.7 cm³/mol. The topological polar surface area (TPSA) is 61.3 Å². The maximum Gasteiger partial charge on any atom is 0.188 e. The molecule has 3 nitrogen and oxygen atoms in total. The quantitative estimate of drug-likeness (QED) is 0.828. The van der Waals surface area contributed by atoms with Crippen molar-refractivity contribution in [2.45, 2.75) is 0 Å². The van der Waals surface area contributed by atoms with E-state index in [1.807, 2.05) is 0 Å². The highest BCUT2D eigenvalue weighted by Crippen LogP contribution is 2.38. The molecule has 2 rings (SSSR count). The molecular formula is C12H8ClF3N2O. The minimum absolute atomic E-state index is 0.0661. The van der Waals surface area contributed by atoms with Crippen LogP contribution in [0.3, 0.4) is 0 Å². The number of hydrogen-bond acceptors (Lipinski definition) is 3. The highest BCUT2D eigenvalue weighted by Gasteiger charge is 2.18. The molecule has 0 aliphatic carbocycles. The van der Waals surface area contributed by atoms with Crippen LogP contribution in [0.15, 0.2) is 24.3 Å². The number of anilines is 2. The molecule has 2 aromatic rings. The molecule has 0 saturated heterocycles. The van der Waals surface area contributed by atoms with Crippen molar-refractivity contribution < 1.29 is 17.9 Å². The summed E-state index contributed by atoms with van der Waals surface area (Å²) in [6.45, 7) is 0. The Morgan fingerprint density at radius 1 is 1.00 bits per heavy atom. The van der Waals surface area contributed by atoms with Gasteiger partial charge in [-0.1, -0.05) is 11.6 Å². The number of nitrogens with two attached hydrogens (primary N) is 2. The van der Waals surface area contributed by atoms with Crippen LogP contribution < -0.4 is 16.2 Å². The molecule has 4 N–H and O–H groups in total. The largest absolute Gasteiger partial charge is 0.449 e. The predicted octanol–water partition coefficient (Wildman–Crippen LogP) is 3.71. The van der Waals surface area contributed by atoms with Gasteiger partial charge in [0.15, 0.2) is 23.1 Å². The van der Waals surface area contributed by atoms with Gasteiger partial charge < -0.3 is 16.2 Å². The van der Waals surface area contributed by atoms with Gasteiger partial charge in [-0.05, 0) is 18.2 Å². The first-order valence-electron chi connectivity index (χ1n) is 5.06. The van der Waals surface area contributed by atoms with Gasteiger partial charge in [-0.25, -0.2) is 13.2 Å². The number of ether oxygens (including phenoxy) is 1. The van der Waals surface area contributed by atoms with Gasteiger partial charge in [0.2, 0.25) is 0 Å². The summed E-state index contributed by atoms with van der Waals surface area (Å²) < 4.78 is 44.9. The molecule has 0 aliphatic heterocycles. The SMILES string of the molecule is Nc1cc(N)c(Oc2ccc(F)cc2F)c(F)c1Cl. The molecule has 0 spiro atoms. The van der Waals surface area contributed by atoms with Crippen LogP contribution in [0.25, 0.3) is 0 Å². The van der Waals surface area contributed by atoms with Gasteiger partial charge in [0.1, 0.15) is 10.8 Å². The molecule has 19 heavy (non-hydrogen) atoms. The molecule has 2 aromatic carbocycles. The molecule has 0 heterocycles. The molecule has 0 atom stereocenters. The molecule has 100 valence electrons. The van der Waals surface area contributed by atoms with E-state index in [1.54, 1.807) is 0 Å². The van der Waals surface area contributed by atoms with Crippen LogP contribution in [-0.2, 0) is 0 Å². The van der Waals surface area contributed by atoms with Crippen molar-refractivity contribution in [3.05, 3.63) is 46.7 Å². The Balaban J connectivity index is 2.47. The fourth-order valence-electron chi connectivity index (χ4n) is 1.42. The average molecular weight is 289 g/mol. The summed E-state index contributed by atoms with van der Waals surface area (Å²) in [7, 11) is 0. The van der Waals surface area contributed by atoms with E-state index in [1.165, 1.54) is 6.07 Å². The molecule has 0 unspecified atom stereocenters. The lowest BCUT2D eigenvalue weighted by Gasteiger charge is -2.12. The zero-order valence-electron chi connectivity index (χ0n) is 9.38. The van der Waals surface area contributed by atoms with Gasteiger partial charge in [-0.15, -0.1) is 0 Å². The lowest BCUT2D eigenvalue weighted by atomic mass is 10.2. The highest BCUT2D eigenvalue weighted by molar-refractivity contribution is 6.33. The van der Waals surface area contributed by atoms with Gasteiger partial charge in [0.25, 0.3) is 0 Å². The Kier molecular flexibility index (Phi) is 3.44. The van der Waals surface area contributed by atoms with E-state index in [0.717, 1.165) is 12.1 Å². The van der Waals surface area contributed by atoms with Gasteiger partial charge in [-0.3, -0.25) is 0 Å². The van der Waals surface area contributed by atoms with E-state index in [2.05, 4.69) is 0 Å². The lowest BCUT2D eigenvalue weighted by molar-refractivity contribution is 0.414. The highest BCUT2D eigenvalue weighted by atomic mass is 35.5. The van der Waals surface area contributed by atoms with Crippen LogP contribution in [0.2, 0.25) is 5.02 Å². The van der Waals surface area contributed by atoms with Crippen LogP contribution in [0.5, 0.6) is 11.5 Å². The first-order valence-corrected chi connectivity index (χ1v) is 5.43. The summed E-state index contributed by atoms with van der Waals surface area (Å²) in [6.07, 6.45) is 0. The fourth-order valence-corrected chi connectivity index (χ4v) is 1.56. The molecule has 0 radical (unpaired) electrons. The van der Waals surface area contributed by atoms with E-state index < -0.39 is 23.2 Å². The third-order valence-electron chi connectivity index (χ3n) is 2.32. The molecule has 0 aromatic heterocycles. The number of hydrogen-bond donors (Lipinski definition) is 2. The Morgan fingerprint density at radius 3 is 2.32 bits per heavy atom. The normalized spacial score (nSPS) is 10.5. The number of benzene rings is 2. The van der Waals surface area contributed by atoms with E-state index in [-0.39, 0.29) is 22.1 Å². The van der Waals surface area contributed by atoms with Crippen LogP contribution in [-0.4, -0.2) is 0 Å². The standard InChI is InChI=1S/C12H8ClF3N2O/c13-10-7(17)4-8(18)12(11(10)16)19-9-2-1-5(14)3-6(9)15/h1-4H,17-18H2. The lowest BCUT2D eigenvalue weighted by Crippen LogP contribution is -2.00. The summed E-state index contributed by atoms with van der Waals surface area (Å²) in [5.41, 5.74) is 10.7. The summed E-state index contributed by atoms with van der Waals surface area (Å²) in [6, 6.07) is 3.75. The molecular weight excluding hydrogens is 281 g/mol. The molecule has 0 saturated carbocycles. The minimum Gasteiger partial charge on any atom is -0.449 e. The summed E-state index contributed by atoms with van der Waals surface area (Å²) in [5, 5.41) is -0.383. The van der Waals surface area contributed by atoms with Crippen molar-refractivity contribution in [2.24, 2.45) is 0 Å². The summed E-state index contributed by atoms with van der Waals surface area (Å²) >= 11 is 5.60. The van der Waals surface area contributed by atoms with E-state index >= 15 is 0 Å². The maximum atomic E-state index is 13.8. The molecule has 0 aliphatic rings. The van der Waals surface area contributed by atoms with Crippen molar-refractivity contribution in [2.75, 3.05) is 11.5 Å². The Bertz CT molecular complexity index is 649. The van der Waals surface area contributed by atoms with Gasteiger partial charge in [0.05, 0.1) is 11.4 Å². The second kappa shape index (κ2) is 4.89. The second-order valence-corrected chi connectivity index (χ2v) is 4.07. The van der Waals surface area contributed by atoms with Crippen LogP contribution >= 0.6 is 11.6 Å². The number of halogens is 4. The first-order chi connectivity index (χ1) is 8.90. The summed E-state index contributed by atoms with van der Waals surface area (Å²) in [5.74, 6) is -3.64. The third-order valence-corrected chi connectivity index (χ3v) is 2.71. The van der Waals surface area contributed by atoms with Gasteiger partial charge in [-0.2, -0.15) is 0 Å². The zero-order chi connectivity index (χ0) is 14.2. The molecule has 0 amide bonds. The summed E-state index contributed by atoms with van der Waals surface area (Å²) in [4.78, 5) is 0. The van der Waals surface area contributed by atoms with E-state index in [0.29, 0.717) is 6.07 Å². The van der Waals surface area contributed by atoms with Crippen molar-refractivity contribution >= 4 is 23.0 Å². The first kappa shape index (κ1) is 13.4. The van der Waals surface area contributed by atoms with Crippen LogP contribution in [0.4, 0.5) is 24.5 Å². The molecule has 7 heteroatoms. The molecule has 0 bridgehead atoms. The Labute approximate surface area is 111 Å². The fraction of sp³-hybridized carbons (Fsp3) is 0. The van der Waals surface area contributed by atoms with Crippen molar-refractivity contribution in [3.63, 3.8) is 0 Å². The third kappa shape index (κ3) is 2.53. The Hall–Kier alpha value is -2.08. The van der Waals surface area contributed by atoms with Gasteiger partial charge in [0, 0.05) is 6.07 Å². The van der Waals surface area contributed by atoms with Crippen LogP contribution in [0.1, 0.15) is 0 Å². The average Bonchev–Trinajstić information content (AvgIpc) is 2.34. The number of rotatable bonds is 2. The maximum absolute atomic E-state index is 13.8. The van der Waals surface area contributed by atoms with Crippen molar-refractivity contribution in [1.82, 2.24) is 0 Å². The van der Waals surface area contributed by atoms with Gasteiger partial charge >= 0.3 is 0 Å². The smallest absolute Gasteiger partial charge is 0.188 e. The van der Waals surface area contributed by atoms with Crippen molar-refractivity contribution in [1.29, 1.82) is 0 Å². The Morgan fingerprint density at radius 2 is 1.68 bits per heavy atom. The monoisotopic (exact) mass is 288 g/mol.